The lowest BCUT2D eigenvalue weighted by Crippen LogP contribution is -2.12. The molecule has 1 aromatic heterocycles. The number of halogens is 1. The summed E-state index contributed by atoms with van der Waals surface area (Å²) in [7, 11) is 1.54. The highest BCUT2D eigenvalue weighted by Gasteiger charge is 2.11. The van der Waals surface area contributed by atoms with Crippen LogP contribution < -0.4 is 15.4 Å². The first-order valence-electron chi connectivity index (χ1n) is 7.07. The van der Waals surface area contributed by atoms with Gasteiger partial charge in [-0.15, -0.1) is 11.3 Å². The molecule has 0 bridgehead atoms. The van der Waals surface area contributed by atoms with Crippen LogP contribution in [0, 0.1) is 0 Å². The molecule has 7 heteroatoms. The number of anilines is 3. The summed E-state index contributed by atoms with van der Waals surface area (Å²) in [5.41, 5.74) is 1.82. The van der Waals surface area contributed by atoms with E-state index in [4.69, 9.17) is 16.3 Å². The van der Waals surface area contributed by atoms with Gasteiger partial charge in [0.15, 0.2) is 5.13 Å². The first kappa shape index (κ1) is 16.3. The minimum Gasteiger partial charge on any atom is -0.495 e. The van der Waals surface area contributed by atoms with Crippen molar-refractivity contribution in [3.05, 3.63) is 64.6 Å². The largest absolute Gasteiger partial charge is 0.495 e. The molecule has 0 aliphatic rings. The van der Waals surface area contributed by atoms with Gasteiger partial charge >= 0.3 is 0 Å². The molecule has 0 spiro atoms. The van der Waals surface area contributed by atoms with Crippen molar-refractivity contribution in [3.63, 3.8) is 0 Å². The van der Waals surface area contributed by atoms with E-state index in [1.54, 1.807) is 42.6 Å². The summed E-state index contributed by atoms with van der Waals surface area (Å²) in [6.45, 7) is 0. The highest BCUT2D eigenvalue weighted by Crippen LogP contribution is 2.28. The van der Waals surface area contributed by atoms with Crippen LogP contribution in [0.1, 0.15) is 10.4 Å². The Balaban J connectivity index is 1.79. The maximum Gasteiger partial charge on any atom is 0.255 e. The number of nitrogens with zero attached hydrogens (tertiary/aromatic N) is 1. The van der Waals surface area contributed by atoms with Crippen LogP contribution in [-0.4, -0.2) is 18.0 Å². The average Bonchev–Trinajstić information content (AvgIpc) is 3.08. The van der Waals surface area contributed by atoms with Crippen molar-refractivity contribution in [3.8, 4) is 5.75 Å². The molecule has 0 fully saturated rings. The molecule has 0 saturated heterocycles. The van der Waals surface area contributed by atoms with E-state index < -0.39 is 0 Å². The van der Waals surface area contributed by atoms with E-state index >= 15 is 0 Å². The van der Waals surface area contributed by atoms with Gasteiger partial charge in [0.05, 0.1) is 12.8 Å². The number of ether oxygens (including phenoxy) is 1. The maximum atomic E-state index is 12.5. The van der Waals surface area contributed by atoms with Crippen molar-refractivity contribution in [2.24, 2.45) is 0 Å². The third-order valence-electron chi connectivity index (χ3n) is 3.22. The third-order valence-corrected chi connectivity index (χ3v) is 4.14. The smallest absolute Gasteiger partial charge is 0.255 e. The van der Waals surface area contributed by atoms with Crippen LogP contribution in [0.15, 0.2) is 54.0 Å². The van der Waals surface area contributed by atoms with Gasteiger partial charge in [0.1, 0.15) is 5.75 Å². The molecule has 122 valence electrons. The van der Waals surface area contributed by atoms with Crippen LogP contribution in [0.4, 0.5) is 16.5 Å². The number of benzene rings is 2. The Morgan fingerprint density at radius 2 is 2.12 bits per heavy atom. The monoisotopic (exact) mass is 359 g/mol. The highest BCUT2D eigenvalue weighted by molar-refractivity contribution is 7.13. The normalized spacial score (nSPS) is 10.2. The molecule has 0 unspecified atom stereocenters. The highest BCUT2D eigenvalue weighted by atomic mass is 35.5. The van der Waals surface area contributed by atoms with Gasteiger partial charge < -0.3 is 15.4 Å². The quantitative estimate of drug-likeness (QED) is 0.686. The van der Waals surface area contributed by atoms with Gasteiger partial charge in [0, 0.05) is 27.9 Å². The first-order valence-corrected chi connectivity index (χ1v) is 8.33. The molecule has 0 atom stereocenters. The number of carbonyl (C=O) groups excluding carboxylic acids is 1. The number of thiazole rings is 1. The molecular formula is C17H14ClN3O2S. The molecule has 1 heterocycles. The first-order chi connectivity index (χ1) is 11.7. The van der Waals surface area contributed by atoms with E-state index in [-0.39, 0.29) is 5.91 Å². The molecule has 1 amide bonds. The molecule has 0 aliphatic heterocycles. The van der Waals surface area contributed by atoms with Crippen molar-refractivity contribution < 1.29 is 9.53 Å². The molecule has 2 N–H and O–H groups in total. The predicted octanol–water partition coefficient (Wildman–Crippen LogP) is 4.80. The molecule has 5 nitrogen and oxygen atoms in total. The van der Waals surface area contributed by atoms with Crippen molar-refractivity contribution in [1.29, 1.82) is 0 Å². The van der Waals surface area contributed by atoms with Gasteiger partial charge in [-0.25, -0.2) is 4.98 Å². The van der Waals surface area contributed by atoms with E-state index in [9.17, 15) is 4.79 Å². The number of aromatic nitrogens is 1. The third kappa shape index (κ3) is 3.84. The average molecular weight is 360 g/mol. The lowest BCUT2D eigenvalue weighted by Gasteiger charge is -2.11. The Labute approximate surface area is 148 Å². The molecule has 0 aliphatic carbocycles. The van der Waals surface area contributed by atoms with Gasteiger partial charge in [-0.05, 0) is 36.4 Å². The molecule has 24 heavy (non-hydrogen) atoms. The summed E-state index contributed by atoms with van der Waals surface area (Å²) in [5, 5.41) is 9.14. The summed E-state index contributed by atoms with van der Waals surface area (Å²) in [4.78, 5) is 16.7. The molecule has 0 saturated carbocycles. The van der Waals surface area contributed by atoms with Gasteiger partial charge in [-0.3, -0.25) is 4.79 Å². The fraction of sp³-hybridized carbons (Fsp3) is 0.0588. The lowest BCUT2D eigenvalue weighted by molar-refractivity contribution is 0.102. The van der Waals surface area contributed by atoms with Crippen LogP contribution in [0.25, 0.3) is 0 Å². The van der Waals surface area contributed by atoms with Crippen molar-refractivity contribution >= 4 is 45.4 Å². The molecule has 3 aromatic rings. The van der Waals surface area contributed by atoms with Crippen LogP contribution >= 0.6 is 22.9 Å². The Morgan fingerprint density at radius 3 is 2.88 bits per heavy atom. The SMILES string of the molecule is COc1ccc(Cl)cc1NC(=O)c1cccc(Nc2nccs2)c1. The summed E-state index contributed by atoms with van der Waals surface area (Å²) in [6.07, 6.45) is 1.72. The van der Waals surface area contributed by atoms with Crippen LogP contribution in [0.5, 0.6) is 5.75 Å². The van der Waals surface area contributed by atoms with E-state index in [0.717, 1.165) is 10.8 Å². The zero-order chi connectivity index (χ0) is 16.9. The Morgan fingerprint density at radius 1 is 1.25 bits per heavy atom. The van der Waals surface area contributed by atoms with E-state index in [1.165, 1.54) is 18.4 Å². The topological polar surface area (TPSA) is 63.2 Å². The number of methoxy groups -OCH3 is 1. The Kier molecular flexibility index (Phi) is 4.98. The molecule has 2 aromatic carbocycles. The van der Waals surface area contributed by atoms with Gasteiger partial charge in [-0.1, -0.05) is 17.7 Å². The Bertz CT molecular complexity index is 853. The van der Waals surface area contributed by atoms with Crippen molar-refractivity contribution in [1.82, 2.24) is 4.98 Å². The maximum absolute atomic E-state index is 12.5. The van der Waals surface area contributed by atoms with Crippen LogP contribution in [0.3, 0.4) is 0 Å². The zero-order valence-corrected chi connectivity index (χ0v) is 14.3. The summed E-state index contributed by atoms with van der Waals surface area (Å²) < 4.78 is 5.24. The minimum atomic E-state index is -0.252. The van der Waals surface area contributed by atoms with Gasteiger partial charge in [0.2, 0.25) is 0 Å². The molecule has 0 radical (unpaired) electrons. The molecular weight excluding hydrogens is 346 g/mol. The van der Waals surface area contributed by atoms with Crippen LogP contribution in [0.2, 0.25) is 5.02 Å². The fourth-order valence-electron chi connectivity index (χ4n) is 2.12. The number of amides is 1. The minimum absolute atomic E-state index is 0.252. The van der Waals surface area contributed by atoms with E-state index in [1.807, 2.05) is 11.4 Å². The number of hydrogen-bond acceptors (Lipinski definition) is 5. The number of rotatable bonds is 5. The van der Waals surface area contributed by atoms with E-state index in [0.29, 0.717) is 22.0 Å². The lowest BCUT2D eigenvalue weighted by atomic mass is 10.2. The van der Waals surface area contributed by atoms with Gasteiger partial charge in [-0.2, -0.15) is 0 Å². The predicted molar refractivity (Wildman–Crippen MR) is 97.8 cm³/mol. The Hall–Kier alpha value is -2.57. The molecule has 3 rings (SSSR count). The van der Waals surface area contributed by atoms with Crippen molar-refractivity contribution in [2.75, 3.05) is 17.7 Å². The second kappa shape index (κ2) is 7.33. The number of hydrogen-bond donors (Lipinski definition) is 2. The van der Waals surface area contributed by atoms with Crippen LogP contribution in [-0.2, 0) is 0 Å². The summed E-state index contributed by atoms with van der Waals surface area (Å²) in [6, 6.07) is 12.2. The number of carbonyl (C=O) groups is 1. The second-order valence-electron chi connectivity index (χ2n) is 4.84. The number of nitrogens with one attached hydrogen (secondary N) is 2. The standard InChI is InChI=1S/C17H14ClN3O2S/c1-23-15-6-5-12(18)10-14(15)21-16(22)11-3-2-4-13(9-11)20-17-19-7-8-24-17/h2-10H,1H3,(H,19,20)(H,21,22). The van der Waals surface area contributed by atoms with Crippen molar-refractivity contribution in [2.45, 2.75) is 0 Å². The summed E-state index contributed by atoms with van der Waals surface area (Å²) >= 11 is 7.47. The zero-order valence-electron chi connectivity index (χ0n) is 12.7. The summed E-state index contributed by atoms with van der Waals surface area (Å²) in [5.74, 6) is 0.295. The second-order valence-corrected chi connectivity index (χ2v) is 6.17. The van der Waals surface area contributed by atoms with Gasteiger partial charge in [0.25, 0.3) is 5.91 Å². The fourth-order valence-corrected chi connectivity index (χ4v) is 2.84. The van der Waals surface area contributed by atoms with E-state index in [2.05, 4.69) is 15.6 Å².